The average molecular weight is 497 g/mol. The number of thioether (sulfide) groups is 1. The van der Waals surface area contributed by atoms with E-state index in [2.05, 4.69) is 41.7 Å². The quantitative estimate of drug-likeness (QED) is 0.290. The number of anilines is 1. The van der Waals surface area contributed by atoms with Crippen molar-refractivity contribution in [2.24, 2.45) is 0 Å². The van der Waals surface area contributed by atoms with Gasteiger partial charge in [-0.2, -0.15) is 4.98 Å². The van der Waals surface area contributed by atoms with Gasteiger partial charge in [-0.1, -0.05) is 72.2 Å². The molecule has 182 valence electrons. The largest absolute Gasteiger partial charge is 0.334 e. The van der Waals surface area contributed by atoms with Gasteiger partial charge in [0, 0.05) is 16.2 Å². The summed E-state index contributed by atoms with van der Waals surface area (Å²) in [6.07, 6.45) is 2.96. The Bertz CT molecular complexity index is 1420. The van der Waals surface area contributed by atoms with Crippen molar-refractivity contribution in [1.29, 1.82) is 0 Å². The molecule has 0 saturated carbocycles. The third-order valence-electron chi connectivity index (χ3n) is 6.48. The fourth-order valence-electron chi connectivity index (χ4n) is 4.43. The second-order valence-corrected chi connectivity index (χ2v) is 9.68. The van der Waals surface area contributed by atoms with Gasteiger partial charge in [0.2, 0.25) is 5.82 Å². The molecule has 0 radical (unpaired) electrons. The Balaban J connectivity index is 1.64. The molecule has 36 heavy (non-hydrogen) atoms. The molecule has 2 amide bonds. The topological polar surface area (TPSA) is 71.3 Å². The Labute approximate surface area is 215 Å². The highest BCUT2D eigenvalue weighted by molar-refractivity contribution is 7.98. The molecule has 0 aliphatic carbocycles. The summed E-state index contributed by atoms with van der Waals surface area (Å²) < 4.78 is 5.82. The van der Waals surface area contributed by atoms with Crippen LogP contribution in [0.25, 0.3) is 17.0 Å². The van der Waals surface area contributed by atoms with Crippen LogP contribution in [0, 0.1) is 6.92 Å². The normalized spacial score (nSPS) is 15.8. The van der Waals surface area contributed by atoms with Gasteiger partial charge >= 0.3 is 6.03 Å². The van der Waals surface area contributed by atoms with Crippen molar-refractivity contribution in [3.63, 3.8) is 0 Å². The van der Waals surface area contributed by atoms with Crippen LogP contribution < -0.4 is 10.2 Å². The molecule has 0 bridgehead atoms. The second kappa shape index (κ2) is 10.0. The lowest BCUT2D eigenvalue weighted by Crippen LogP contribution is -2.46. The number of aromatic nitrogens is 2. The highest BCUT2D eigenvalue weighted by Crippen LogP contribution is 2.39. The minimum Gasteiger partial charge on any atom is -0.334 e. The third kappa shape index (κ3) is 4.54. The number of nitrogens with one attached hydrogen (secondary N) is 1. The van der Waals surface area contributed by atoms with Crippen molar-refractivity contribution < 1.29 is 9.32 Å². The van der Waals surface area contributed by atoms with Crippen LogP contribution in [0.1, 0.15) is 42.5 Å². The molecule has 1 aliphatic heterocycles. The number of urea groups is 1. The molecular weight excluding hydrogens is 468 g/mol. The number of aryl methyl sites for hydroxylation is 2. The average Bonchev–Trinajstić information content (AvgIpc) is 3.38. The van der Waals surface area contributed by atoms with Gasteiger partial charge in [0.25, 0.3) is 5.89 Å². The molecule has 0 spiro atoms. The van der Waals surface area contributed by atoms with Crippen molar-refractivity contribution in [2.45, 2.75) is 38.1 Å². The number of hydrogen-bond donors (Lipinski definition) is 1. The van der Waals surface area contributed by atoms with Crippen LogP contribution in [0.3, 0.4) is 0 Å². The number of allylic oxidation sites excluding steroid dienone is 1. The number of hydrogen-bond acceptors (Lipinski definition) is 5. The van der Waals surface area contributed by atoms with Gasteiger partial charge in [0.15, 0.2) is 0 Å². The molecule has 4 aromatic rings. The Morgan fingerprint density at radius 2 is 1.78 bits per heavy atom. The fourth-order valence-corrected chi connectivity index (χ4v) is 4.88. The van der Waals surface area contributed by atoms with E-state index in [1.807, 2.05) is 68.6 Å². The van der Waals surface area contributed by atoms with E-state index in [-0.39, 0.29) is 6.03 Å². The van der Waals surface area contributed by atoms with Gasteiger partial charge in [-0.15, -0.1) is 11.8 Å². The lowest BCUT2D eigenvalue weighted by atomic mass is 9.93. The molecule has 1 aliphatic rings. The zero-order chi connectivity index (χ0) is 25.2. The molecule has 3 aromatic carbocycles. The lowest BCUT2D eigenvalue weighted by molar-refractivity contribution is 0.244. The van der Waals surface area contributed by atoms with Crippen LogP contribution in [0.4, 0.5) is 10.5 Å². The number of amides is 2. The van der Waals surface area contributed by atoms with Crippen molar-refractivity contribution in [3.8, 4) is 11.4 Å². The molecule has 6 nitrogen and oxygen atoms in total. The van der Waals surface area contributed by atoms with Crippen LogP contribution in [0.2, 0.25) is 0 Å². The molecule has 0 fully saturated rings. The third-order valence-corrected chi connectivity index (χ3v) is 7.21. The van der Waals surface area contributed by atoms with Crippen molar-refractivity contribution >= 4 is 29.1 Å². The first-order valence-electron chi connectivity index (χ1n) is 11.9. The number of carbonyl (C=O) groups is 1. The van der Waals surface area contributed by atoms with E-state index in [1.54, 1.807) is 16.7 Å². The summed E-state index contributed by atoms with van der Waals surface area (Å²) in [5.74, 6) is 0.900. The smallest absolute Gasteiger partial charge is 0.326 e. The predicted octanol–water partition coefficient (Wildman–Crippen LogP) is 7.03. The maximum Gasteiger partial charge on any atom is 0.326 e. The molecule has 5 rings (SSSR count). The van der Waals surface area contributed by atoms with E-state index in [1.165, 1.54) is 5.56 Å². The highest BCUT2D eigenvalue weighted by Gasteiger charge is 2.36. The van der Waals surface area contributed by atoms with Crippen molar-refractivity contribution in [1.82, 2.24) is 15.5 Å². The first-order valence-corrected chi connectivity index (χ1v) is 13.2. The number of carbonyl (C=O) groups excluding carboxylic acids is 1. The van der Waals surface area contributed by atoms with Crippen LogP contribution in [0.5, 0.6) is 0 Å². The summed E-state index contributed by atoms with van der Waals surface area (Å²) in [6.45, 7) is 6.10. The van der Waals surface area contributed by atoms with Gasteiger partial charge in [-0.3, -0.25) is 4.90 Å². The van der Waals surface area contributed by atoms with Crippen LogP contribution >= 0.6 is 11.8 Å². The summed E-state index contributed by atoms with van der Waals surface area (Å²) >= 11 is 1.63. The van der Waals surface area contributed by atoms with Crippen molar-refractivity contribution in [2.75, 3.05) is 11.2 Å². The van der Waals surface area contributed by atoms with Gasteiger partial charge < -0.3 is 9.84 Å². The Morgan fingerprint density at radius 1 is 1.03 bits per heavy atom. The minimum atomic E-state index is -0.422. The molecule has 1 N–H and O–H groups in total. The summed E-state index contributed by atoms with van der Waals surface area (Å²) in [5, 5.41) is 7.46. The Morgan fingerprint density at radius 3 is 2.47 bits per heavy atom. The summed E-state index contributed by atoms with van der Waals surface area (Å²) in [5.41, 5.74) is 6.55. The number of nitrogens with zero attached hydrogens (tertiary/aromatic N) is 3. The Kier molecular flexibility index (Phi) is 6.65. The number of benzene rings is 3. The SMILES string of the molecule is CCc1ccc(C2NC(=O)N(c3cccc(SC)c3)C(C)=C2c2nc(-c3ccc(C)cc3)no2)cc1. The molecule has 0 saturated heterocycles. The molecule has 1 unspecified atom stereocenters. The standard InChI is InChI=1S/C29H28N4O2S/c1-5-20-11-15-21(16-12-20)26-25(28-31-27(32-35-28)22-13-9-18(2)10-14-22)19(3)33(29(34)30-26)23-7-6-8-24(17-23)36-4/h6-17,26H,5H2,1-4H3,(H,30,34). The zero-order valence-electron chi connectivity index (χ0n) is 20.8. The molecule has 2 heterocycles. The molecule has 1 aromatic heterocycles. The van der Waals surface area contributed by atoms with Crippen LogP contribution in [-0.4, -0.2) is 22.4 Å². The predicted molar refractivity (Wildman–Crippen MR) is 145 cm³/mol. The highest BCUT2D eigenvalue weighted by atomic mass is 32.2. The summed E-state index contributed by atoms with van der Waals surface area (Å²) in [6, 6.07) is 23.6. The zero-order valence-corrected chi connectivity index (χ0v) is 21.6. The van der Waals surface area contributed by atoms with Crippen molar-refractivity contribution in [3.05, 3.63) is 101 Å². The summed E-state index contributed by atoms with van der Waals surface area (Å²) in [7, 11) is 0. The van der Waals surface area contributed by atoms with Gasteiger partial charge in [0.1, 0.15) is 0 Å². The van der Waals surface area contributed by atoms with E-state index < -0.39 is 6.04 Å². The van der Waals surface area contributed by atoms with E-state index in [9.17, 15) is 4.79 Å². The van der Waals surface area contributed by atoms with E-state index >= 15 is 0 Å². The Hall–Kier alpha value is -3.84. The maximum absolute atomic E-state index is 13.5. The maximum atomic E-state index is 13.5. The van der Waals surface area contributed by atoms with Crippen LogP contribution in [-0.2, 0) is 6.42 Å². The molecule has 1 atom stereocenters. The molecular formula is C29H28N4O2S. The first-order chi connectivity index (χ1) is 17.5. The van der Waals surface area contributed by atoms with Gasteiger partial charge in [-0.05, 0) is 55.9 Å². The van der Waals surface area contributed by atoms with Crippen LogP contribution in [0.15, 0.2) is 87.9 Å². The second-order valence-electron chi connectivity index (χ2n) is 8.80. The summed E-state index contributed by atoms with van der Waals surface area (Å²) in [4.78, 5) is 21.0. The first kappa shape index (κ1) is 23.9. The van der Waals surface area contributed by atoms with Gasteiger partial charge in [0.05, 0.1) is 17.3 Å². The van der Waals surface area contributed by atoms with E-state index in [0.717, 1.165) is 45.0 Å². The minimum absolute atomic E-state index is 0.197. The lowest BCUT2D eigenvalue weighted by Gasteiger charge is -2.35. The molecule has 7 heteroatoms. The fraction of sp³-hybridized carbons (Fsp3) is 0.207. The number of rotatable bonds is 6. The van der Waals surface area contributed by atoms with Gasteiger partial charge in [-0.25, -0.2) is 4.79 Å². The van der Waals surface area contributed by atoms with E-state index in [0.29, 0.717) is 11.7 Å². The monoisotopic (exact) mass is 496 g/mol. The van der Waals surface area contributed by atoms with E-state index in [4.69, 9.17) is 9.51 Å².